The van der Waals surface area contributed by atoms with Gasteiger partial charge in [0.2, 0.25) is 0 Å². The van der Waals surface area contributed by atoms with Crippen molar-refractivity contribution in [3.63, 3.8) is 0 Å². The molecule has 0 saturated carbocycles. The topological polar surface area (TPSA) is 60.2 Å². The van der Waals surface area contributed by atoms with Crippen LogP contribution in [0.3, 0.4) is 0 Å². The lowest BCUT2D eigenvalue weighted by atomic mass is 10.00. The number of carbonyl (C=O) groups excluding carboxylic acids is 1. The Balaban J connectivity index is 1.71. The van der Waals surface area contributed by atoms with Crippen LogP contribution in [0.1, 0.15) is 21.5 Å². The molecule has 0 radical (unpaired) electrons. The van der Waals surface area contributed by atoms with Crippen LogP contribution in [0.2, 0.25) is 5.02 Å². The van der Waals surface area contributed by atoms with Gasteiger partial charge in [0.15, 0.2) is 5.82 Å². The van der Waals surface area contributed by atoms with Gasteiger partial charge >= 0.3 is 0 Å². The molecule has 0 atom stereocenters. The van der Waals surface area contributed by atoms with Crippen molar-refractivity contribution in [2.24, 2.45) is 0 Å². The van der Waals surface area contributed by atoms with Crippen molar-refractivity contribution in [3.8, 4) is 22.7 Å². The quantitative estimate of drug-likeness (QED) is 0.406. The highest BCUT2D eigenvalue weighted by Gasteiger charge is 2.20. The third kappa shape index (κ3) is 3.97. The van der Waals surface area contributed by atoms with Crippen LogP contribution >= 0.6 is 11.6 Å². The third-order valence-electron chi connectivity index (χ3n) is 5.40. The molecule has 2 aromatic carbocycles. The molecule has 0 aliphatic heterocycles. The molecule has 6 nitrogen and oxygen atoms in total. The summed E-state index contributed by atoms with van der Waals surface area (Å²) in [5.74, 6) is 1.20. The van der Waals surface area contributed by atoms with Crippen LogP contribution in [0.5, 0.6) is 5.75 Å². The summed E-state index contributed by atoms with van der Waals surface area (Å²) < 4.78 is 7.17. The van der Waals surface area contributed by atoms with E-state index in [2.05, 4.69) is 10.1 Å². The summed E-state index contributed by atoms with van der Waals surface area (Å²) in [6, 6.07) is 14.8. The summed E-state index contributed by atoms with van der Waals surface area (Å²) in [6.45, 7) is 3.93. The van der Waals surface area contributed by atoms with Crippen molar-refractivity contribution in [2.75, 3.05) is 19.1 Å². The summed E-state index contributed by atoms with van der Waals surface area (Å²) in [5.41, 5.74) is 4.79. The van der Waals surface area contributed by atoms with Gasteiger partial charge < -0.3 is 9.64 Å². The Kier molecular flexibility index (Phi) is 5.97. The predicted octanol–water partition coefficient (Wildman–Crippen LogP) is 5.49. The van der Waals surface area contributed by atoms with E-state index in [1.165, 1.54) is 0 Å². The molecule has 0 aliphatic carbocycles. The normalized spacial score (nSPS) is 10.8. The minimum Gasteiger partial charge on any atom is -0.495 e. The number of pyridine rings is 1. The molecule has 0 unspecified atom stereocenters. The molecule has 1 amide bonds. The number of benzene rings is 2. The summed E-state index contributed by atoms with van der Waals surface area (Å²) in [5, 5.41) is 4.77. The molecule has 0 fully saturated rings. The van der Waals surface area contributed by atoms with Gasteiger partial charge in [-0.25, -0.2) is 9.67 Å². The fraction of sp³-hybridized carbons (Fsp3) is 0.160. The molecular formula is C25H23ClN4O2. The van der Waals surface area contributed by atoms with E-state index in [1.54, 1.807) is 48.3 Å². The Hall–Kier alpha value is -3.64. The van der Waals surface area contributed by atoms with Gasteiger partial charge in [0.25, 0.3) is 5.91 Å². The number of rotatable bonds is 5. The molecular weight excluding hydrogens is 424 g/mol. The second kappa shape index (κ2) is 8.85. The largest absolute Gasteiger partial charge is 0.495 e. The van der Waals surface area contributed by atoms with Gasteiger partial charge in [-0.3, -0.25) is 4.79 Å². The molecule has 0 bridgehead atoms. The number of aryl methyl sites for hydroxylation is 2. The van der Waals surface area contributed by atoms with Gasteiger partial charge in [0.1, 0.15) is 5.75 Å². The van der Waals surface area contributed by atoms with Gasteiger partial charge in [-0.2, -0.15) is 5.10 Å². The fourth-order valence-corrected chi connectivity index (χ4v) is 3.96. The highest BCUT2D eigenvalue weighted by Crippen LogP contribution is 2.34. The maximum absolute atomic E-state index is 13.4. The summed E-state index contributed by atoms with van der Waals surface area (Å²) in [4.78, 5) is 19.5. The highest BCUT2D eigenvalue weighted by atomic mass is 35.5. The Bertz CT molecular complexity index is 1290. The van der Waals surface area contributed by atoms with E-state index in [-0.39, 0.29) is 5.91 Å². The van der Waals surface area contributed by atoms with Crippen molar-refractivity contribution < 1.29 is 9.53 Å². The van der Waals surface area contributed by atoms with Crippen molar-refractivity contribution in [2.45, 2.75) is 13.8 Å². The predicted molar refractivity (Wildman–Crippen MR) is 127 cm³/mol. The molecule has 4 rings (SSSR count). The van der Waals surface area contributed by atoms with E-state index in [1.807, 2.05) is 56.4 Å². The number of anilines is 1. The third-order valence-corrected chi connectivity index (χ3v) is 5.73. The number of methoxy groups -OCH3 is 1. The Morgan fingerprint density at radius 3 is 2.56 bits per heavy atom. The van der Waals surface area contributed by atoms with E-state index in [0.29, 0.717) is 22.2 Å². The lowest BCUT2D eigenvalue weighted by molar-refractivity contribution is 0.0992. The lowest BCUT2D eigenvalue weighted by Gasteiger charge is -2.22. The number of carbonyl (C=O) groups is 1. The number of aromatic nitrogens is 3. The number of amides is 1. The van der Waals surface area contributed by atoms with Gasteiger partial charge in [0.05, 0.1) is 12.8 Å². The van der Waals surface area contributed by atoms with Crippen LogP contribution < -0.4 is 9.64 Å². The summed E-state index contributed by atoms with van der Waals surface area (Å²) in [7, 11) is 3.34. The van der Waals surface area contributed by atoms with Crippen molar-refractivity contribution in [1.82, 2.24) is 14.8 Å². The lowest BCUT2D eigenvalue weighted by Crippen LogP contribution is -2.27. The molecule has 0 N–H and O–H groups in total. The zero-order valence-corrected chi connectivity index (χ0v) is 19.1. The smallest absolute Gasteiger partial charge is 0.258 e. The van der Waals surface area contributed by atoms with Crippen LogP contribution in [-0.2, 0) is 0 Å². The van der Waals surface area contributed by atoms with Crippen molar-refractivity contribution >= 4 is 23.2 Å². The second-order valence-corrected chi connectivity index (χ2v) is 7.90. The van der Waals surface area contributed by atoms with Gasteiger partial charge in [-0.1, -0.05) is 23.7 Å². The molecule has 4 aromatic rings. The van der Waals surface area contributed by atoms with Gasteiger partial charge in [0, 0.05) is 47.4 Å². The first kappa shape index (κ1) is 21.6. The number of nitrogens with zero attached hydrogens (tertiary/aromatic N) is 4. The number of halogens is 1. The molecule has 0 aliphatic rings. The van der Waals surface area contributed by atoms with Gasteiger partial charge in [-0.15, -0.1) is 0 Å². The molecule has 32 heavy (non-hydrogen) atoms. The van der Waals surface area contributed by atoms with E-state index in [4.69, 9.17) is 16.3 Å². The Morgan fingerprint density at radius 1 is 1.06 bits per heavy atom. The van der Waals surface area contributed by atoms with Crippen LogP contribution in [0, 0.1) is 13.8 Å². The number of ether oxygens (including phenoxy) is 1. The highest BCUT2D eigenvalue weighted by molar-refractivity contribution is 6.33. The molecule has 7 heteroatoms. The van der Waals surface area contributed by atoms with E-state index in [0.717, 1.165) is 27.9 Å². The van der Waals surface area contributed by atoms with Crippen LogP contribution in [-0.4, -0.2) is 34.8 Å². The van der Waals surface area contributed by atoms with E-state index < -0.39 is 0 Å². The monoisotopic (exact) mass is 446 g/mol. The first-order valence-corrected chi connectivity index (χ1v) is 10.5. The first-order chi connectivity index (χ1) is 15.4. The number of para-hydroxylation sites is 1. The fourth-order valence-electron chi connectivity index (χ4n) is 3.74. The summed E-state index contributed by atoms with van der Waals surface area (Å²) in [6.07, 6.45) is 5.30. The van der Waals surface area contributed by atoms with E-state index >= 15 is 0 Å². The standard InChI is InChI=1S/C25H23ClN4O2/c1-16-7-5-8-22(32-4)24(16)29(3)25(31)18-9-10-21(26)19(14-18)20-15-27-23(13-17(20)2)30-12-6-11-28-30/h5-15H,1-4H3. The van der Waals surface area contributed by atoms with Crippen molar-refractivity contribution in [1.29, 1.82) is 0 Å². The van der Waals surface area contributed by atoms with Crippen LogP contribution in [0.15, 0.2) is 67.1 Å². The van der Waals surface area contributed by atoms with Crippen LogP contribution in [0.4, 0.5) is 5.69 Å². The molecule has 162 valence electrons. The number of hydrogen-bond donors (Lipinski definition) is 0. The Morgan fingerprint density at radius 2 is 1.88 bits per heavy atom. The second-order valence-electron chi connectivity index (χ2n) is 7.49. The minimum atomic E-state index is -0.158. The Labute approximate surface area is 192 Å². The molecule has 2 aromatic heterocycles. The SMILES string of the molecule is COc1cccc(C)c1N(C)C(=O)c1ccc(Cl)c(-c2cnc(-n3cccn3)cc2C)c1. The molecule has 0 spiro atoms. The average molecular weight is 447 g/mol. The zero-order chi connectivity index (χ0) is 22.8. The van der Waals surface area contributed by atoms with Gasteiger partial charge in [-0.05, 0) is 61.4 Å². The maximum Gasteiger partial charge on any atom is 0.258 e. The minimum absolute atomic E-state index is 0.158. The first-order valence-electron chi connectivity index (χ1n) is 10.1. The van der Waals surface area contributed by atoms with E-state index in [9.17, 15) is 4.79 Å². The number of hydrogen-bond acceptors (Lipinski definition) is 4. The van der Waals surface area contributed by atoms with Crippen LogP contribution in [0.25, 0.3) is 16.9 Å². The van der Waals surface area contributed by atoms with Crippen molar-refractivity contribution in [3.05, 3.63) is 88.8 Å². The average Bonchev–Trinajstić information content (AvgIpc) is 3.33. The zero-order valence-electron chi connectivity index (χ0n) is 18.3. The molecule has 2 heterocycles. The molecule has 0 saturated heterocycles. The summed E-state index contributed by atoms with van der Waals surface area (Å²) >= 11 is 6.53. The maximum atomic E-state index is 13.4.